The lowest BCUT2D eigenvalue weighted by atomic mass is 9.91. The van der Waals surface area contributed by atoms with E-state index in [9.17, 15) is 4.79 Å². The Labute approximate surface area is 129 Å². The van der Waals surface area contributed by atoms with Gasteiger partial charge in [-0.2, -0.15) is 0 Å². The lowest BCUT2D eigenvalue weighted by Crippen LogP contribution is -2.61. The molecule has 0 bridgehead atoms. The van der Waals surface area contributed by atoms with Crippen LogP contribution in [0.25, 0.3) is 0 Å². The smallest absolute Gasteiger partial charge is 0.327 e. The summed E-state index contributed by atoms with van der Waals surface area (Å²) in [6.45, 7) is 10.4. The van der Waals surface area contributed by atoms with Crippen LogP contribution in [0.15, 0.2) is 0 Å². The van der Waals surface area contributed by atoms with Crippen LogP contribution in [-0.2, 0) is 14.3 Å². The molecular weight excluding hydrogens is 268 g/mol. The van der Waals surface area contributed by atoms with Gasteiger partial charge in [-0.15, -0.1) is 0 Å². The van der Waals surface area contributed by atoms with E-state index in [1.54, 1.807) is 7.11 Å². The minimum atomic E-state index is -0.563. The zero-order valence-electron chi connectivity index (χ0n) is 14.3. The van der Waals surface area contributed by atoms with Crippen molar-refractivity contribution in [3.05, 3.63) is 0 Å². The van der Waals surface area contributed by atoms with E-state index in [1.807, 2.05) is 6.92 Å². The van der Waals surface area contributed by atoms with Gasteiger partial charge in [0.15, 0.2) is 0 Å². The first-order valence-electron chi connectivity index (χ1n) is 8.04. The third-order valence-electron chi connectivity index (χ3n) is 4.02. The van der Waals surface area contributed by atoms with Crippen molar-refractivity contribution >= 4 is 5.97 Å². The highest BCUT2D eigenvalue weighted by Crippen LogP contribution is 2.41. The summed E-state index contributed by atoms with van der Waals surface area (Å²) in [6.07, 6.45) is 2.20. The first-order chi connectivity index (χ1) is 10.00. The fourth-order valence-electron chi connectivity index (χ4n) is 3.03. The molecule has 1 saturated carbocycles. The molecule has 0 spiro atoms. The summed E-state index contributed by atoms with van der Waals surface area (Å²) in [7, 11) is 3.20. The zero-order valence-corrected chi connectivity index (χ0v) is 14.3. The highest BCUT2D eigenvalue weighted by atomic mass is 16.5. The average molecular weight is 300 g/mol. The van der Waals surface area contributed by atoms with Gasteiger partial charge in [0.05, 0.1) is 13.7 Å². The molecule has 1 fully saturated rings. The molecule has 0 radical (unpaired) electrons. The number of nitrogens with one attached hydrogen (secondary N) is 1. The Morgan fingerprint density at radius 1 is 1.38 bits per heavy atom. The standard InChI is InChI=1S/C16H32N2O3/c1-6-17-16(14-7-8-14,15(19)21-5)12-18(9-10-20-4)11-13(2)3/h13-14,17H,6-12H2,1-5H3. The molecule has 0 amide bonds. The Balaban J connectivity index is 2.86. The van der Waals surface area contributed by atoms with Crippen LogP contribution in [0.4, 0.5) is 0 Å². The van der Waals surface area contributed by atoms with Crippen molar-refractivity contribution in [2.75, 3.05) is 47.0 Å². The molecule has 1 atom stereocenters. The molecule has 1 aliphatic carbocycles. The minimum Gasteiger partial charge on any atom is -0.468 e. The normalized spacial score (nSPS) is 18.0. The minimum absolute atomic E-state index is 0.127. The Morgan fingerprint density at radius 2 is 2.05 bits per heavy atom. The predicted molar refractivity (Wildman–Crippen MR) is 84.3 cm³/mol. The van der Waals surface area contributed by atoms with Gasteiger partial charge < -0.3 is 14.8 Å². The summed E-state index contributed by atoms with van der Waals surface area (Å²) in [5.41, 5.74) is -0.563. The quantitative estimate of drug-likeness (QED) is 0.586. The summed E-state index contributed by atoms with van der Waals surface area (Å²) in [4.78, 5) is 14.8. The number of nitrogens with zero attached hydrogens (tertiary/aromatic N) is 1. The Bertz CT molecular complexity index is 319. The maximum atomic E-state index is 12.5. The van der Waals surface area contributed by atoms with Gasteiger partial charge in [0.1, 0.15) is 5.54 Å². The van der Waals surface area contributed by atoms with Crippen molar-refractivity contribution in [3.8, 4) is 0 Å². The molecule has 0 aromatic heterocycles. The van der Waals surface area contributed by atoms with E-state index in [1.165, 1.54) is 7.11 Å². The molecule has 0 aromatic rings. The Kier molecular flexibility index (Phi) is 7.63. The Morgan fingerprint density at radius 3 is 2.48 bits per heavy atom. The molecule has 1 unspecified atom stereocenters. The van der Waals surface area contributed by atoms with Crippen LogP contribution in [0, 0.1) is 11.8 Å². The van der Waals surface area contributed by atoms with E-state index < -0.39 is 5.54 Å². The molecule has 0 aromatic carbocycles. The maximum Gasteiger partial charge on any atom is 0.327 e. The van der Waals surface area contributed by atoms with Crippen molar-refractivity contribution in [3.63, 3.8) is 0 Å². The van der Waals surface area contributed by atoms with E-state index in [0.29, 0.717) is 25.0 Å². The van der Waals surface area contributed by atoms with E-state index in [-0.39, 0.29) is 5.97 Å². The van der Waals surface area contributed by atoms with Gasteiger partial charge in [0.2, 0.25) is 0 Å². The first-order valence-corrected chi connectivity index (χ1v) is 8.04. The van der Waals surface area contributed by atoms with Gasteiger partial charge >= 0.3 is 5.97 Å². The second-order valence-electron chi connectivity index (χ2n) is 6.39. The highest BCUT2D eigenvalue weighted by Gasteiger charge is 2.52. The second-order valence-corrected chi connectivity index (χ2v) is 6.39. The third-order valence-corrected chi connectivity index (χ3v) is 4.02. The lowest BCUT2D eigenvalue weighted by Gasteiger charge is -2.37. The number of hydrogen-bond donors (Lipinski definition) is 1. The van der Waals surface area contributed by atoms with Crippen LogP contribution in [-0.4, -0.2) is 63.4 Å². The van der Waals surface area contributed by atoms with E-state index in [2.05, 4.69) is 24.1 Å². The van der Waals surface area contributed by atoms with E-state index >= 15 is 0 Å². The molecule has 0 saturated heterocycles. The molecule has 0 aliphatic heterocycles. The number of hydrogen-bond acceptors (Lipinski definition) is 5. The molecule has 5 nitrogen and oxygen atoms in total. The highest BCUT2D eigenvalue weighted by molar-refractivity contribution is 5.82. The molecule has 1 aliphatic rings. The summed E-state index contributed by atoms with van der Waals surface area (Å²) in [5.74, 6) is 0.818. The number of esters is 1. The molecule has 124 valence electrons. The summed E-state index contributed by atoms with van der Waals surface area (Å²) >= 11 is 0. The van der Waals surface area contributed by atoms with E-state index in [4.69, 9.17) is 9.47 Å². The van der Waals surface area contributed by atoms with Gasteiger partial charge in [0.25, 0.3) is 0 Å². The number of likely N-dealkylation sites (N-methyl/N-ethyl adjacent to an activating group) is 1. The first kappa shape index (κ1) is 18.4. The topological polar surface area (TPSA) is 50.8 Å². The summed E-state index contributed by atoms with van der Waals surface area (Å²) in [6, 6.07) is 0. The van der Waals surface area contributed by atoms with Crippen LogP contribution in [0.3, 0.4) is 0 Å². The second kappa shape index (κ2) is 8.71. The van der Waals surface area contributed by atoms with Crippen molar-refractivity contribution in [1.82, 2.24) is 10.2 Å². The van der Waals surface area contributed by atoms with Crippen molar-refractivity contribution in [2.24, 2.45) is 11.8 Å². The van der Waals surface area contributed by atoms with Crippen LogP contribution >= 0.6 is 0 Å². The van der Waals surface area contributed by atoms with Gasteiger partial charge in [0, 0.05) is 26.7 Å². The lowest BCUT2D eigenvalue weighted by molar-refractivity contribution is -0.151. The maximum absolute atomic E-state index is 12.5. The molecule has 1 N–H and O–H groups in total. The van der Waals surface area contributed by atoms with Crippen LogP contribution in [0.1, 0.15) is 33.6 Å². The van der Waals surface area contributed by atoms with E-state index in [0.717, 1.165) is 32.5 Å². The predicted octanol–water partition coefficient (Wildman–Crippen LogP) is 1.52. The summed E-state index contributed by atoms with van der Waals surface area (Å²) in [5, 5.41) is 3.43. The third kappa shape index (κ3) is 5.24. The fraction of sp³-hybridized carbons (Fsp3) is 0.938. The Hall–Kier alpha value is -0.650. The largest absolute Gasteiger partial charge is 0.468 e. The van der Waals surface area contributed by atoms with Gasteiger partial charge in [-0.3, -0.25) is 4.90 Å². The SMILES string of the molecule is CCNC(CN(CCOC)CC(C)C)(C(=O)OC)C1CC1. The molecule has 5 heteroatoms. The number of carbonyl (C=O) groups is 1. The number of rotatable bonds is 11. The van der Waals surface area contributed by atoms with Crippen LogP contribution < -0.4 is 5.32 Å². The molecule has 0 heterocycles. The number of methoxy groups -OCH3 is 2. The number of ether oxygens (including phenoxy) is 2. The fourth-order valence-corrected chi connectivity index (χ4v) is 3.03. The van der Waals surface area contributed by atoms with Gasteiger partial charge in [-0.1, -0.05) is 20.8 Å². The number of carbonyl (C=O) groups excluding carboxylic acids is 1. The van der Waals surface area contributed by atoms with Crippen molar-refractivity contribution in [2.45, 2.75) is 39.2 Å². The molecule has 1 rings (SSSR count). The molecular formula is C16H32N2O3. The van der Waals surface area contributed by atoms with Gasteiger partial charge in [-0.25, -0.2) is 4.79 Å². The van der Waals surface area contributed by atoms with Crippen molar-refractivity contribution in [1.29, 1.82) is 0 Å². The van der Waals surface area contributed by atoms with Crippen LogP contribution in [0.5, 0.6) is 0 Å². The zero-order chi connectivity index (χ0) is 15.9. The summed E-state index contributed by atoms with van der Waals surface area (Å²) < 4.78 is 10.3. The van der Waals surface area contributed by atoms with Crippen LogP contribution in [0.2, 0.25) is 0 Å². The molecule has 21 heavy (non-hydrogen) atoms. The monoisotopic (exact) mass is 300 g/mol. The van der Waals surface area contributed by atoms with Crippen molar-refractivity contribution < 1.29 is 14.3 Å². The van der Waals surface area contributed by atoms with Gasteiger partial charge in [-0.05, 0) is 31.2 Å². The average Bonchev–Trinajstić information content (AvgIpc) is 3.27.